The number of rotatable bonds is 1. The summed E-state index contributed by atoms with van der Waals surface area (Å²) in [6, 6.07) is 16.8. The van der Waals surface area contributed by atoms with Crippen molar-refractivity contribution in [1.29, 1.82) is 0 Å². The third-order valence-electron chi connectivity index (χ3n) is 4.98. The maximum absolute atomic E-state index is 6.34. The molecule has 0 atom stereocenters. The largest absolute Gasteiger partial charge is 0.601 e. The molecule has 3 heteroatoms. The summed E-state index contributed by atoms with van der Waals surface area (Å²) in [6.45, 7) is 2.16. The lowest BCUT2D eigenvalue weighted by molar-refractivity contribution is 0.611. The summed E-state index contributed by atoms with van der Waals surface area (Å²) >= 11 is 0. The molecule has 2 heterocycles. The number of fused-ring (bicyclic) bond motifs is 5. The zero-order valence-electron chi connectivity index (χ0n) is 14.2. The molecule has 0 amide bonds. The summed E-state index contributed by atoms with van der Waals surface area (Å²) < 4.78 is 6.34. The predicted molar refractivity (Wildman–Crippen MR) is 104 cm³/mol. The fourth-order valence-electron chi connectivity index (χ4n) is 3.82. The lowest BCUT2D eigenvalue weighted by atomic mass is 9.93. The van der Waals surface area contributed by atoms with Gasteiger partial charge in [0.25, 0.3) is 0 Å². The minimum absolute atomic E-state index is 0.918. The highest BCUT2D eigenvalue weighted by Gasteiger charge is 2.20. The Morgan fingerprint density at radius 3 is 2.44 bits per heavy atom. The molecule has 0 spiro atoms. The van der Waals surface area contributed by atoms with Crippen molar-refractivity contribution in [3.8, 4) is 0 Å². The van der Waals surface area contributed by atoms with Gasteiger partial charge in [0.1, 0.15) is 11.2 Å². The standard InChI is InChI=1S/C22H17N2O/c1-14-15-8-3-4-9-16(15)21-17-10-5-6-12-19(17)25-22(21)20(14)18-11-7-13-23-24(18)2/h3-13H,1-2H3/q-1. The highest BCUT2D eigenvalue weighted by molar-refractivity contribution is 6.22. The van der Waals surface area contributed by atoms with E-state index in [9.17, 15) is 0 Å². The Bertz CT molecular complexity index is 1200. The number of para-hydroxylation sites is 1. The van der Waals surface area contributed by atoms with Crippen LogP contribution in [0, 0.1) is 6.92 Å². The van der Waals surface area contributed by atoms with Gasteiger partial charge in [0.05, 0.1) is 0 Å². The van der Waals surface area contributed by atoms with Gasteiger partial charge in [0, 0.05) is 22.0 Å². The topological polar surface area (TPSA) is 30.5 Å². The van der Waals surface area contributed by atoms with Crippen LogP contribution in [0.25, 0.3) is 43.8 Å². The second kappa shape index (κ2) is 5.15. The molecule has 0 saturated carbocycles. The van der Waals surface area contributed by atoms with Crippen LogP contribution >= 0.6 is 0 Å². The summed E-state index contributed by atoms with van der Waals surface area (Å²) in [4.78, 5) is 0. The summed E-state index contributed by atoms with van der Waals surface area (Å²) in [6.07, 6.45) is 5.87. The van der Waals surface area contributed by atoms with Gasteiger partial charge in [-0.3, -0.25) is 0 Å². The van der Waals surface area contributed by atoms with E-state index >= 15 is 0 Å². The normalized spacial score (nSPS) is 14.3. The first kappa shape index (κ1) is 14.2. The molecule has 0 unspecified atom stereocenters. The van der Waals surface area contributed by atoms with Crippen molar-refractivity contribution in [3.63, 3.8) is 0 Å². The minimum Gasteiger partial charge on any atom is -0.601 e. The maximum atomic E-state index is 6.34. The van der Waals surface area contributed by atoms with Gasteiger partial charge in [-0.15, -0.1) is 0 Å². The van der Waals surface area contributed by atoms with Crippen LogP contribution in [0.4, 0.5) is 0 Å². The van der Waals surface area contributed by atoms with Gasteiger partial charge >= 0.3 is 0 Å². The average Bonchev–Trinajstić information content (AvgIpc) is 3.02. The molecule has 25 heavy (non-hydrogen) atoms. The second-order valence-electron chi connectivity index (χ2n) is 6.38. The molecule has 0 aliphatic carbocycles. The average molecular weight is 325 g/mol. The molecule has 122 valence electrons. The van der Waals surface area contributed by atoms with Crippen molar-refractivity contribution in [1.82, 2.24) is 5.01 Å². The SMILES string of the molecule is Cc1c(C2=CC=C[N-]N2C)c2oc3ccccc3c2c2ccccc12. The number of hydrogen-bond acceptors (Lipinski definition) is 2. The Balaban J connectivity index is 2.04. The molecular formula is C22H17N2O-. The predicted octanol–water partition coefficient (Wildman–Crippen LogP) is 6.14. The molecule has 0 saturated heterocycles. The fourth-order valence-corrected chi connectivity index (χ4v) is 3.82. The summed E-state index contributed by atoms with van der Waals surface area (Å²) in [5, 5.41) is 6.72. The third-order valence-corrected chi connectivity index (χ3v) is 4.98. The molecular weight excluding hydrogens is 308 g/mol. The van der Waals surface area contributed by atoms with Crippen LogP contribution in [-0.4, -0.2) is 12.1 Å². The number of hydrogen-bond donors (Lipinski definition) is 0. The summed E-state index contributed by atoms with van der Waals surface area (Å²) in [7, 11) is 1.97. The van der Waals surface area contributed by atoms with Crippen molar-refractivity contribution < 1.29 is 4.42 Å². The van der Waals surface area contributed by atoms with E-state index in [1.54, 1.807) is 6.20 Å². The quantitative estimate of drug-likeness (QED) is 0.421. The van der Waals surface area contributed by atoms with Crippen molar-refractivity contribution in [2.75, 3.05) is 7.05 Å². The Labute approximate surface area is 145 Å². The van der Waals surface area contributed by atoms with Crippen LogP contribution < -0.4 is 0 Å². The summed E-state index contributed by atoms with van der Waals surface area (Å²) in [5.41, 5.74) is 9.64. The van der Waals surface area contributed by atoms with E-state index < -0.39 is 0 Å². The molecule has 5 rings (SSSR count). The Morgan fingerprint density at radius 2 is 1.64 bits per heavy atom. The number of benzene rings is 3. The molecule has 3 aromatic carbocycles. The lowest BCUT2D eigenvalue weighted by Crippen LogP contribution is -2.13. The van der Waals surface area contributed by atoms with Crippen LogP contribution in [0.15, 0.2) is 71.3 Å². The monoisotopic (exact) mass is 325 g/mol. The highest BCUT2D eigenvalue weighted by Crippen LogP contribution is 2.42. The first-order valence-electron chi connectivity index (χ1n) is 8.40. The van der Waals surface area contributed by atoms with Crippen LogP contribution in [0.2, 0.25) is 0 Å². The van der Waals surface area contributed by atoms with Crippen molar-refractivity contribution in [3.05, 3.63) is 83.4 Å². The van der Waals surface area contributed by atoms with Gasteiger partial charge in [0.2, 0.25) is 0 Å². The first-order chi connectivity index (χ1) is 12.3. The van der Waals surface area contributed by atoms with Gasteiger partial charge in [-0.1, -0.05) is 48.5 Å². The first-order valence-corrected chi connectivity index (χ1v) is 8.40. The van der Waals surface area contributed by atoms with Crippen molar-refractivity contribution in [2.45, 2.75) is 6.92 Å². The Hall–Kier alpha value is -3.20. The number of furan rings is 1. The molecule has 1 aliphatic heterocycles. The highest BCUT2D eigenvalue weighted by atomic mass is 16.3. The van der Waals surface area contributed by atoms with Crippen molar-refractivity contribution >= 4 is 38.4 Å². The zero-order chi connectivity index (χ0) is 17.0. The van der Waals surface area contributed by atoms with Crippen LogP contribution in [0.5, 0.6) is 0 Å². The number of aryl methyl sites for hydroxylation is 1. The minimum atomic E-state index is 0.918. The van der Waals surface area contributed by atoms with Gasteiger partial charge in [-0.25, -0.2) is 0 Å². The zero-order valence-corrected chi connectivity index (χ0v) is 14.2. The van der Waals surface area contributed by atoms with E-state index in [0.29, 0.717) is 0 Å². The molecule has 0 fully saturated rings. The number of allylic oxidation sites excluding steroid dienone is 2. The van der Waals surface area contributed by atoms with E-state index in [2.05, 4.69) is 54.8 Å². The molecule has 4 aromatic rings. The molecule has 0 N–H and O–H groups in total. The van der Waals surface area contributed by atoms with Crippen molar-refractivity contribution in [2.24, 2.45) is 0 Å². The van der Waals surface area contributed by atoms with Crippen LogP contribution in [-0.2, 0) is 0 Å². The van der Waals surface area contributed by atoms with Gasteiger partial charge in [-0.05, 0) is 42.4 Å². The smallest absolute Gasteiger partial charge is 0.145 e. The van der Waals surface area contributed by atoms with Gasteiger partial charge < -0.3 is 14.9 Å². The van der Waals surface area contributed by atoms with Crippen LogP contribution in [0.3, 0.4) is 0 Å². The molecule has 0 bridgehead atoms. The lowest BCUT2D eigenvalue weighted by Gasteiger charge is -2.38. The fraction of sp³-hybridized carbons (Fsp3) is 0.0909. The molecule has 1 aliphatic rings. The van der Waals surface area contributed by atoms with E-state index in [1.165, 1.54) is 21.7 Å². The Morgan fingerprint density at radius 1 is 0.920 bits per heavy atom. The van der Waals surface area contributed by atoms with E-state index in [0.717, 1.165) is 27.8 Å². The Kier molecular flexibility index (Phi) is 2.92. The van der Waals surface area contributed by atoms with Gasteiger partial charge in [-0.2, -0.15) is 6.20 Å². The van der Waals surface area contributed by atoms with E-state index in [4.69, 9.17) is 4.42 Å². The van der Waals surface area contributed by atoms with E-state index in [1.807, 2.05) is 30.3 Å². The molecule has 0 radical (unpaired) electrons. The molecule has 1 aromatic heterocycles. The van der Waals surface area contributed by atoms with Gasteiger partial charge in [0.15, 0.2) is 0 Å². The van der Waals surface area contributed by atoms with Crippen LogP contribution in [0.1, 0.15) is 11.1 Å². The third kappa shape index (κ3) is 1.92. The second-order valence-corrected chi connectivity index (χ2v) is 6.38. The maximum Gasteiger partial charge on any atom is 0.145 e. The van der Waals surface area contributed by atoms with E-state index in [-0.39, 0.29) is 0 Å². The molecule has 3 nitrogen and oxygen atoms in total. The number of nitrogens with zero attached hydrogens (tertiary/aromatic N) is 2. The summed E-state index contributed by atoms with van der Waals surface area (Å²) in [5.74, 6) is 0.